The summed E-state index contributed by atoms with van der Waals surface area (Å²) >= 11 is 5.82. The Morgan fingerprint density at radius 3 is 2.47 bits per heavy atom. The van der Waals surface area contributed by atoms with Crippen LogP contribution in [0.1, 0.15) is 0 Å². The number of sulfonamides is 1. The molecule has 0 bridgehead atoms. The van der Waals surface area contributed by atoms with Gasteiger partial charge in [0.25, 0.3) is 0 Å². The van der Waals surface area contributed by atoms with E-state index in [0.717, 1.165) is 6.08 Å². The third-order valence-corrected chi connectivity index (χ3v) is 3.81. The molecule has 1 rings (SSSR count). The molecule has 0 saturated carbocycles. The highest BCUT2D eigenvalue weighted by molar-refractivity contribution is 7.93. The zero-order valence-electron chi connectivity index (χ0n) is 10.0. The van der Waals surface area contributed by atoms with Crippen molar-refractivity contribution in [3.8, 4) is 0 Å². The van der Waals surface area contributed by atoms with Gasteiger partial charge in [-0.1, -0.05) is 0 Å². The van der Waals surface area contributed by atoms with Crippen LogP contribution in [0, 0.1) is 10.1 Å². The molecule has 0 aromatic heterocycles. The van der Waals surface area contributed by atoms with E-state index in [-0.39, 0.29) is 5.57 Å². The number of hydrogen-bond acceptors (Lipinski definition) is 5. The quantitative estimate of drug-likeness (QED) is 0.468. The van der Waals surface area contributed by atoms with Crippen LogP contribution in [0.2, 0.25) is 0 Å². The minimum Gasteiger partial charge on any atom is -0.383 e. The molecule has 1 aliphatic carbocycles. The second-order valence-corrected chi connectivity index (χ2v) is 5.93. The van der Waals surface area contributed by atoms with Crippen LogP contribution in [0.15, 0.2) is 34.3 Å². The number of allylic oxidation sites excluding steroid dienone is 4. The molecule has 0 saturated heterocycles. The standard InChI is InChI=1S/C9H11ClFN3O4S/c1-13(2)4-5-3-6(14(15)16)8(11)9(7(5)10)19(12,17)18/h3-4,7H,1-2H3,(H2,12,17,18). The second-order valence-electron chi connectivity index (χ2n) is 3.97. The predicted octanol–water partition coefficient (Wildman–Crippen LogP) is 0.683. The fourth-order valence-corrected chi connectivity index (χ4v) is 2.85. The Morgan fingerprint density at radius 2 is 2.11 bits per heavy atom. The molecular weight excluding hydrogens is 301 g/mol. The zero-order valence-corrected chi connectivity index (χ0v) is 11.6. The predicted molar refractivity (Wildman–Crippen MR) is 67.7 cm³/mol. The number of halogens is 2. The molecular formula is C9H11ClFN3O4S. The topological polar surface area (TPSA) is 107 Å². The summed E-state index contributed by atoms with van der Waals surface area (Å²) in [6.45, 7) is 0. The Labute approximate surface area is 114 Å². The normalized spacial score (nSPS) is 22.5. The number of alkyl halides is 1. The van der Waals surface area contributed by atoms with Crippen molar-refractivity contribution < 1.29 is 17.7 Å². The maximum Gasteiger partial charge on any atom is 0.306 e. The highest BCUT2D eigenvalue weighted by atomic mass is 35.5. The van der Waals surface area contributed by atoms with Crippen LogP contribution < -0.4 is 5.14 Å². The van der Waals surface area contributed by atoms with Crippen LogP contribution >= 0.6 is 11.6 Å². The van der Waals surface area contributed by atoms with E-state index in [1.807, 2.05) is 0 Å². The summed E-state index contributed by atoms with van der Waals surface area (Å²) in [5.74, 6) is -1.54. The van der Waals surface area contributed by atoms with E-state index in [9.17, 15) is 22.9 Å². The summed E-state index contributed by atoms with van der Waals surface area (Å²) in [5, 5.41) is 14.1. The number of nitro groups is 1. The molecule has 10 heteroatoms. The molecule has 0 aromatic carbocycles. The smallest absolute Gasteiger partial charge is 0.306 e. The number of nitrogens with zero attached hydrogens (tertiary/aromatic N) is 2. The Hall–Kier alpha value is -1.45. The summed E-state index contributed by atoms with van der Waals surface area (Å²) in [5.41, 5.74) is -0.933. The second kappa shape index (κ2) is 5.27. The number of hydrogen-bond donors (Lipinski definition) is 1. The van der Waals surface area contributed by atoms with Gasteiger partial charge >= 0.3 is 5.70 Å². The summed E-state index contributed by atoms with van der Waals surface area (Å²) in [6, 6.07) is 0. The Balaban J connectivity index is 3.57. The maximum atomic E-state index is 13.8. The number of rotatable bonds is 3. The fraction of sp³-hybridized carbons (Fsp3) is 0.333. The first-order valence-electron chi connectivity index (χ1n) is 4.87. The van der Waals surface area contributed by atoms with Crippen molar-refractivity contribution in [2.75, 3.05) is 14.1 Å². The van der Waals surface area contributed by atoms with Gasteiger partial charge in [-0.2, -0.15) is 4.39 Å². The van der Waals surface area contributed by atoms with Crippen LogP contribution in [0.3, 0.4) is 0 Å². The molecule has 7 nitrogen and oxygen atoms in total. The van der Waals surface area contributed by atoms with E-state index in [1.54, 1.807) is 14.1 Å². The van der Waals surface area contributed by atoms with Gasteiger partial charge in [-0.15, -0.1) is 11.6 Å². The van der Waals surface area contributed by atoms with Gasteiger partial charge in [0.1, 0.15) is 10.3 Å². The lowest BCUT2D eigenvalue weighted by molar-refractivity contribution is -0.423. The summed E-state index contributed by atoms with van der Waals surface area (Å²) < 4.78 is 36.4. The van der Waals surface area contributed by atoms with Crippen LogP contribution in [-0.4, -0.2) is 37.7 Å². The third-order valence-electron chi connectivity index (χ3n) is 2.18. The molecule has 1 atom stereocenters. The van der Waals surface area contributed by atoms with Crippen molar-refractivity contribution in [2.24, 2.45) is 5.14 Å². The molecule has 0 spiro atoms. The molecule has 1 aliphatic rings. The van der Waals surface area contributed by atoms with Gasteiger partial charge in [-0.3, -0.25) is 10.1 Å². The molecule has 19 heavy (non-hydrogen) atoms. The highest BCUT2D eigenvalue weighted by Crippen LogP contribution is 2.35. The van der Waals surface area contributed by atoms with Crippen molar-refractivity contribution in [3.05, 3.63) is 44.4 Å². The van der Waals surface area contributed by atoms with Crippen molar-refractivity contribution in [1.29, 1.82) is 0 Å². The summed E-state index contributed by atoms with van der Waals surface area (Å²) in [6.07, 6.45) is 2.22. The Kier molecular flexibility index (Phi) is 4.33. The van der Waals surface area contributed by atoms with E-state index in [2.05, 4.69) is 0 Å². The molecule has 2 N–H and O–H groups in total. The zero-order chi connectivity index (χ0) is 15.0. The lowest BCUT2D eigenvalue weighted by Crippen LogP contribution is -2.28. The molecule has 0 aromatic rings. The van der Waals surface area contributed by atoms with Crippen LogP contribution in [0.5, 0.6) is 0 Å². The maximum absolute atomic E-state index is 13.8. The summed E-state index contributed by atoms with van der Waals surface area (Å²) in [4.78, 5) is 10.2. The fourth-order valence-electron chi connectivity index (χ4n) is 1.49. The minimum absolute atomic E-state index is 0.0591. The van der Waals surface area contributed by atoms with Gasteiger partial charge in [0.15, 0.2) is 0 Å². The molecule has 0 fully saturated rings. The molecule has 0 heterocycles. The lowest BCUT2D eigenvalue weighted by Gasteiger charge is -2.19. The van der Waals surface area contributed by atoms with Crippen molar-refractivity contribution in [2.45, 2.75) is 5.38 Å². The van der Waals surface area contributed by atoms with Crippen molar-refractivity contribution in [3.63, 3.8) is 0 Å². The van der Waals surface area contributed by atoms with Gasteiger partial charge in [0.2, 0.25) is 15.9 Å². The molecule has 0 amide bonds. The largest absolute Gasteiger partial charge is 0.383 e. The SMILES string of the molecule is CN(C)C=C1C=C([N+](=O)[O-])C(F)=C(S(N)(=O)=O)C1Cl. The molecule has 0 radical (unpaired) electrons. The average Bonchev–Trinajstić information content (AvgIpc) is 2.19. The number of primary sulfonamides is 1. The van der Waals surface area contributed by atoms with E-state index >= 15 is 0 Å². The van der Waals surface area contributed by atoms with Crippen LogP contribution in [-0.2, 0) is 10.0 Å². The summed E-state index contributed by atoms with van der Waals surface area (Å²) in [7, 11) is -1.29. The van der Waals surface area contributed by atoms with Gasteiger partial charge in [0.05, 0.1) is 4.92 Å². The van der Waals surface area contributed by atoms with Gasteiger partial charge in [-0.25, -0.2) is 13.6 Å². The Morgan fingerprint density at radius 1 is 1.58 bits per heavy atom. The van der Waals surface area contributed by atoms with Gasteiger partial charge in [-0.05, 0) is 5.57 Å². The average molecular weight is 312 g/mol. The minimum atomic E-state index is -4.49. The van der Waals surface area contributed by atoms with Crippen molar-refractivity contribution >= 4 is 21.6 Å². The lowest BCUT2D eigenvalue weighted by atomic mass is 10.1. The monoisotopic (exact) mass is 311 g/mol. The van der Waals surface area contributed by atoms with Crippen molar-refractivity contribution in [1.82, 2.24) is 4.90 Å². The number of nitrogens with two attached hydrogens (primary N) is 1. The third kappa shape index (κ3) is 3.31. The van der Waals surface area contributed by atoms with Gasteiger partial charge < -0.3 is 4.90 Å². The Bertz CT molecular complexity index is 609. The highest BCUT2D eigenvalue weighted by Gasteiger charge is 2.39. The van der Waals surface area contributed by atoms with Crippen LogP contribution in [0.25, 0.3) is 0 Å². The van der Waals surface area contributed by atoms with E-state index in [0.29, 0.717) is 0 Å². The first kappa shape index (κ1) is 15.6. The van der Waals surface area contributed by atoms with E-state index < -0.39 is 36.8 Å². The first-order valence-corrected chi connectivity index (χ1v) is 6.85. The van der Waals surface area contributed by atoms with Crippen LogP contribution in [0.4, 0.5) is 4.39 Å². The van der Waals surface area contributed by atoms with E-state index in [4.69, 9.17) is 16.7 Å². The molecule has 1 unspecified atom stereocenters. The first-order chi connectivity index (χ1) is 8.55. The molecule has 106 valence electrons. The van der Waals surface area contributed by atoms with E-state index in [1.165, 1.54) is 11.1 Å². The van der Waals surface area contributed by atoms with Gasteiger partial charge in [0, 0.05) is 26.4 Å². The molecule has 0 aliphatic heterocycles.